The third kappa shape index (κ3) is 5.81. The molecule has 8 heteroatoms. The molecule has 0 saturated heterocycles. The van der Waals surface area contributed by atoms with E-state index in [2.05, 4.69) is 27.1 Å². The van der Waals surface area contributed by atoms with Crippen LogP contribution >= 0.6 is 0 Å². The molecule has 3 aromatic rings. The average Bonchev–Trinajstić information content (AvgIpc) is 2.82. The van der Waals surface area contributed by atoms with Crippen molar-refractivity contribution in [2.45, 2.75) is 25.8 Å². The van der Waals surface area contributed by atoms with Gasteiger partial charge in [0.05, 0.1) is 13.2 Å². The largest absolute Gasteiger partial charge is 0.493 e. The van der Waals surface area contributed by atoms with Crippen molar-refractivity contribution in [1.29, 1.82) is 0 Å². The number of ether oxygens (including phenoxy) is 2. The molecule has 1 amide bonds. The molecule has 0 spiro atoms. The summed E-state index contributed by atoms with van der Waals surface area (Å²) in [4.78, 5) is 27.5. The fraction of sp³-hybridized carbons (Fsp3) is 0.250. The van der Waals surface area contributed by atoms with Crippen LogP contribution in [0.25, 0.3) is 11.4 Å². The Hall–Kier alpha value is -3.94. The minimum absolute atomic E-state index is 0.121. The van der Waals surface area contributed by atoms with Crippen molar-refractivity contribution in [2.24, 2.45) is 0 Å². The van der Waals surface area contributed by atoms with E-state index in [9.17, 15) is 9.59 Å². The number of benzene rings is 2. The van der Waals surface area contributed by atoms with E-state index in [1.807, 2.05) is 37.3 Å². The Balaban J connectivity index is 1.64. The molecule has 1 aromatic heterocycles. The van der Waals surface area contributed by atoms with Gasteiger partial charge in [-0.15, -0.1) is 10.2 Å². The van der Waals surface area contributed by atoms with Gasteiger partial charge in [-0.2, -0.15) is 0 Å². The van der Waals surface area contributed by atoms with Crippen molar-refractivity contribution in [2.75, 3.05) is 13.7 Å². The molecule has 0 aliphatic heterocycles. The lowest BCUT2D eigenvalue weighted by Gasteiger charge is -2.14. The summed E-state index contributed by atoms with van der Waals surface area (Å²) in [5.74, 6) is 1.19. The van der Waals surface area contributed by atoms with Crippen LogP contribution in [-0.4, -0.2) is 34.8 Å². The van der Waals surface area contributed by atoms with Crippen LogP contribution in [0.3, 0.4) is 0 Å². The van der Waals surface area contributed by atoms with Crippen LogP contribution in [0.2, 0.25) is 0 Å². The molecule has 0 radical (unpaired) electrons. The number of nitrogens with zero attached hydrogens (tertiary/aromatic N) is 2. The van der Waals surface area contributed by atoms with Gasteiger partial charge in [0.25, 0.3) is 5.56 Å². The Bertz CT molecular complexity index is 1130. The first kappa shape index (κ1) is 22.7. The summed E-state index contributed by atoms with van der Waals surface area (Å²) in [5.41, 5.74) is 1.46. The van der Waals surface area contributed by atoms with Gasteiger partial charge >= 0.3 is 0 Å². The van der Waals surface area contributed by atoms with Gasteiger partial charge in [0.2, 0.25) is 5.91 Å². The molecule has 0 bridgehead atoms. The molecular formula is C24H26N4O4. The van der Waals surface area contributed by atoms with Crippen LogP contribution < -0.4 is 20.3 Å². The number of rotatable bonds is 10. The second-order valence-electron chi connectivity index (χ2n) is 7.11. The summed E-state index contributed by atoms with van der Waals surface area (Å²) >= 11 is 0. The predicted octanol–water partition coefficient (Wildman–Crippen LogP) is 3.22. The molecule has 1 unspecified atom stereocenters. The number of amides is 1. The normalized spacial score (nSPS) is 11.4. The second-order valence-corrected chi connectivity index (χ2v) is 7.11. The Morgan fingerprint density at radius 2 is 1.97 bits per heavy atom. The van der Waals surface area contributed by atoms with E-state index in [1.165, 1.54) is 7.11 Å². The van der Waals surface area contributed by atoms with Crippen LogP contribution in [0.15, 0.2) is 66.0 Å². The van der Waals surface area contributed by atoms with Gasteiger partial charge in [0.1, 0.15) is 12.3 Å². The Kier molecular flexibility index (Phi) is 7.75. The van der Waals surface area contributed by atoms with E-state index in [4.69, 9.17) is 9.47 Å². The highest BCUT2D eigenvalue weighted by molar-refractivity contribution is 5.76. The number of hydrogen-bond donors (Lipinski definition) is 2. The van der Waals surface area contributed by atoms with Gasteiger partial charge in [-0.05, 0) is 30.7 Å². The zero-order valence-corrected chi connectivity index (χ0v) is 18.1. The van der Waals surface area contributed by atoms with Gasteiger partial charge < -0.3 is 19.8 Å². The summed E-state index contributed by atoms with van der Waals surface area (Å²) < 4.78 is 10.9. The lowest BCUT2D eigenvalue weighted by molar-refractivity contribution is -0.121. The van der Waals surface area contributed by atoms with E-state index in [0.29, 0.717) is 29.5 Å². The smallest absolute Gasteiger partial charge is 0.273 e. The molecule has 0 aliphatic rings. The monoisotopic (exact) mass is 434 g/mol. The first-order chi connectivity index (χ1) is 15.5. The zero-order chi connectivity index (χ0) is 22.9. The van der Waals surface area contributed by atoms with Crippen LogP contribution in [0.4, 0.5) is 0 Å². The molecule has 3 rings (SSSR count). The van der Waals surface area contributed by atoms with Crippen LogP contribution in [-0.2, 0) is 11.2 Å². The summed E-state index contributed by atoms with van der Waals surface area (Å²) in [7, 11) is 1.53. The summed E-state index contributed by atoms with van der Waals surface area (Å²) in [6.45, 7) is 5.88. The minimum Gasteiger partial charge on any atom is -0.493 e. The number of carbonyl (C=O) groups excluding carboxylic acids is 1. The minimum atomic E-state index is -0.384. The van der Waals surface area contributed by atoms with E-state index < -0.39 is 0 Å². The van der Waals surface area contributed by atoms with Gasteiger partial charge in [-0.3, -0.25) is 9.59 Å². The number of carbonyl (C=O) groups is 1. The highest BCUT2D eigenvalue weighted by Gasteiger charge is 2.13. The average molecular weight is 434 g/mol. The molecule has 0 saturated carbocycles. The topological polar surface area (TPSA) is 106 Å². The molecule has 2 aromatic carbocycles. The van der Waals surface area contributed by atoms with E-state index in [1.54, 1.807) is 24.3 Å². The molecule has 0 aliphatic carbocycles. The number of aryl methyl sites for hydroxylation is 1. The first-order valence-electron chi connectivity index (χ1n) is 10.2. The number of H-pyrrole nitrogens is 1. The molecule has 8 nitrogen and oxygen atoms in total. The lowest BCUT2D eigenvalue weighted by atomic mass is 10.1. The quantitative estimate of drug-likeness (QED) is 0.475. The Morgan fingerprint density at radius 1 is 1.19 bits per heavy atom. The van der Waals surface area contributed by atoms with Crippen molar-refractivity contribution in [3.05, 3.63) is 82.8 Å². The fourth-order valence-corrected chi connectivity index (χ4v) is 3.11. The van der Waals surface area contributed by atoms with Gasteiger partial charge in [0, 0.05) is 18.4 Å². The fourth-order valence-electron chi connectivity index (χ4n) is 3.11. The van der Waals surface area contributed by atoms with Crippen LogP contribution in [0, 0.1) is 0 Å². The summed E-state index contributed by atoms with van der Waals surface area (Å²) in [5, 5.41) is 11.1. The SMILES string of the molecule is C=CCOc1ccc(-c2nnc(CCC(=O)NC(C)c3ccccc3)c(=O)[nH]2)cc1OC. The lowest BCUT2D eigenvalue weighted by Crippen LogP contribution is -2.28. The van der Waals surface area contributed by atoms with E-state index in [-0.39, 0.29) is 36.0 Å². The van der Waals surface area contributed by atoms with Gasteiger partial charge in [-0.25, -0.2) is 0 Å². The van der Waals surface area contributed by atoms with Crippen molar-refractivity contribution in [3.8, 4) is 22.9 Å². The number of aromatic nitrogens is 3. The third-order valence-electron chi connectivity index (χ3n) is 4.82. The number of methoxy groups -OCH3 is 1. The Labute approximate surface area is 186 Å². The van der Waals surface area contributed by atoms with Crippen LogP contribution in [0.5, 0.6) is 11.5 Å². The molecule has 32 heavy (non-hydrogen) atoms. The summed E-state index contributed by atoms with van der Waals surface area (Å²) in [6.07, 6.45) is 1.96. The summed E-state index contributed by atoms with van der Waals surface area (Å²) in [6, 6.07) is 14.7. The van der Waals surface area contributed by atoms with Crippen LogP contribution in [0.1, 0.15) is 30.6 Å². The van der Waals surface area contributed by atoms with Crippen molar-refractivity contribution in [1.82, 2.24) is 20.5 Å². The molecule has 166 valence electrons. The Morgan fingerprint density at radius 3 is 2.66 bits per heavy atom. The molecule has 0 fully saturated rings. The van der Waals surface area contributed by atoms with Crippen molar-refractivity contribution >= 4 is 5.91 Å². The zero-order valence-electron chi connectivity index (χ0n) is 18.1. The molecular weight excluding hydrogens is 408 g/mol. The number of aromatic amines is 1. The maximum absolute atomic E-state index is 12.5. The van der Waals surface area contributed by atoms with Crippen molar-refractivity contribution in [3.63, 3.8) is 0 Å². The highest BCUT2D eigenvalue weighted by atomic mass is 16.5. The van der Waals surface area contributed by atoms with E-state index in [0.717, 1.165) is 5.56 Å². The second kappa shape index (κ2) is 10.9. The standard InChI is InChI=1S/C24H26N4O4/c1-4-14-32-20-12-10-18(15-21(20)31-3)23-26-24(30)19(27-28-23)11-13-22(29)25-16(2)17-8-6-5-7-9-17/h4-10,12,15-16H,1,11,13-14H2,2-3H3,(H,25,29)(H,26,28,30). The maximum atomic E-state index is 12.5. The number of hydrogen-bond acceptors (Lipinski definition) is 6. The van der Waals surface area contributed by atoms with Gasteiger partial charge in [-0.1, -0.05) is 43.0 Å². The highest BCUT2D eigenvalue weighted by Crippen LogP contribution is 2.31. The number of nitrogens with one attached hydrogen (secondary N) is 2. The van der Waals surface area contributed by atoms with Gasteiger partial charge in [0.15, 0.2) is 17.3 Å². The predicted molar refractivity (Wildman–Crippen MR) is 122 cm³/mol. The molecule has 2 N–H and O–H groups in total. The molecule has 1 atom stereocenters. The maximum Gasteiger partial charge on any atom is 0.273 e. The first-order valence-corrected chi connectivity index (χ1v) is 10.2. The molecule has 1 heterocycles. The third-order valence-corrected chi connectivity index (χ3v) is 4.82. The van der Waals surface area contributed by atoms with E-state index >= 15 is 0 Å². The van der Waals surface area contributed by atoms with Crippen molar-refractivity contribution < 1.29 is 14.3 Å².